The highest BCUT2D eigenvalue weighted by atomic mass is 15.1. The summed E-state index contributed by atoms with van der Waals surface area (Å²) in [5, 5.41) is 3.14. The van der Waals surface area contributed by atoms with Gasteiger partial charge in [0.2, 0.25) is 0 Å². The fourth-order valence-corrected chi connectivity index (χ4v) is 4.24. The lowest BCUT2D eigenvalue weighted by atomic mass is 9.87. The van der Waals surface area contributed by atoms with Gasteiger partial charge in [-0.05, 0) is 42.9 Å². The van der Waals surface area contributed by atoms with E-state index in [0.29, 0.717) is 5.92 Å². The minimum atomic E-state index is 0.587. The molecule has 0 saturated carbocycles. The summed E-state index contributed by atoms with van der Waals surface area (Å²) >= 11 is 0. The Kier molecular flexibility index (Phi) is 5.20. The summed E-state index contributed by atoms with van der Waals surface area (Å²) in [5.41, 5.74) is 7.14. The second-order valence-corrected chi connectivity index (χ2v) is 7.68. The molecule has 4 rings (SSSR count). The molecule has 0 bridgehead atoms. The zero-order valence-corrected chi connectivity index (χ0v) is 16.5. The van der Waals surface area contributed by atoms with Crippen LogP contribution in [0.25, 0.3) is 11.1 Å². The van der Waals surface area contributed by atoms with Crippen molar-refractivity contribution in [3.05, 3.63) is 84.6 Å². The summed E-state index contributed by atoms with van der Waals surface area (Å²) in [6.07, 6.45) is 9.39. The third-order valence-electron chi connectivity index (χ3n) is 5.62. The number of aromatic nitrogens is 1. The normalized spacial score (nSPS) is 17.8. The number of aromatic amines is 1. The zero-order chi connectivity index (χ0) is 19.5. The van der Waals surface area contributed by atoms with Crippen LogP contribution < -0.4 is 5.32 Å². The molecule has 0 aliphatic carbocycles. The zero-order valence-electron chi connectivity index (χ0n) is 16.5. The number of likely N-dealkylation sites (tertiary alicyclic amines) is 1. The number of hydrogen-bond acceptors (Lipinski definition) is 3. The second kappa shape index (κ2) is 7.93. The van der Waals surface area contributed by atoms with E-state index in [1.807, 2.05) is 13.0 Å². The summed E-state index contributed by atoms with van der Waals surface area (Å²) in [5.74, 6) is 1.48. The van der Waals surface area contributed by atoms with Gasteiger partial charge in [0, 0.05) is 48.9 Å². The van der Waals surface area contributed by atoms with Crippen LogP contribution >= 0.6 is 0 Å². The van der Waals surface area contributed by atoms with Crippen molar-refractivity contribution < 1.29 is 0 Å². The Balaban J connectivity index is 1.39. The number of hydrogen-bond donors (Lipinski definition) is 2. The number of amidine groups is 1. The molecule has 3 heterocycles. The molecule has 0 atom stereocenters. The van der Waals surface area contributed by atoms with Gasteiger partial charge in [-0.25, -0.2) is 4.99 Å². The fraction of sp³-hybridized carbons (Fsp3) is 0.292. The number of aliphatic imine (C=N–C) groups is 1. The van der Waals surface area contributed by atoms with Gasteiger partial charge in [-0.3, -0.25) is 0 Å². The van der Waals surface area contributed by atoms with Gasteiger partial charge in [-0.1, -0.05) is 43.5 Å². The minimum Gasteiger partial charge on any atom is -0.375 e. The highest BCUT2D eigenvalue weighted by molar-refractivity contribution is 5.84. The molecule has 2 aliphatic rings. The smallest absolute Gasteiger partial charge is 0.103 e. The molecule has 1 saturated heterocycles. The van der Waals surface area contributed by atoms with Gasteiger partial charge in [-0.15, -0.1) is 0 Å². The second-order valence-electron chi connectivity index (χ2n) is 7.68. The summed E-state index contributed by atoms with van der Waals surface area (Å²) in [6.45, 7) is 12.4. The monoisotopic (exact) mass is 372 g/mol. The quantitative estimate of drug-likeness (QED) is 0.759. The van der Waals surface area contributed by atoms with Crippen LogP contribution in [0.15, 0.2) is 84.0 Å². The molecule has 2 aromatic rings. The van der Waals surface area contributed by atoms with Gasteiger partial charge >= 0.3 is 0 Å². The number of nitrogens with zero attached hydrogens (tertiary/aromatic N) is 2. The SMILES string of the molecule is C=C1C=C(CC(=C)N2CCC(c3c[nH]cc3-c3ccccc3)CC2)N=C(C)N1. The number of nitrogens with one attached hydrogen (secondary N) is 2. The van der Waals surface area contributed by atoms with Gasteiger partial charge in [0.25, 0.3) is 0 Å². The number of piperidine rings is 1. The van der Waals surface area contributed by atoms with E-state index in [0.717, 1.165) is 55.3 Å². The molecule has 0 radical (unpaired) electrons. The van der Waals surface area contributed by atoms with E-state index in [2.05, 4.69) is 76.1 Å². The van der Waals surface area contributed by atoms with Crippen molar-refractivity contribution in [1.29, 1.82) is 0 Å². The van der Waals surface area contributed by atoms with Crippen LogP contribution in [0, 0.1) is 0 Å². The summed E-state index contributed by atoms with van der Waals surface area (Å²) < 4.78 is 0. The molecular formula is C24H28N4. The standard InChI is InChI=1S/C24H28N4/c1-17-13-22(27-19(3)26-17)14-18(2)28-11-9-21(10-12-28)24-16-25-15-23(24)20-7-5-4-6-8-20/h4-8,13,15-16,21,25H,1-2,9-12,14H2,3H3,(H,26,27). The maximum atomic E-state index is 4.58. The highest BCUT2D eigenvalue weighted by Gasteiger charge is 2.24. The van der Waals surface area contributed by atoms with Gasteiger partial charge in [-0.2, -0.15) is 0 Å². The van der Waals surface area contributed by atoms with Crippen LogP contribution in [-0.4, -0.2) is 28.8 Å². The Hall–Kier alpha value is -3.01. The largest absolute Gasteiger partial charge is 0.375 e. The molecule has 2 aliphatic heterocycles. The van der Waals surface area contributed by atoms with Crippen molar-refractivity contribution in [3.63, 3.8) is 0 Å². The molecule has 4 nitrogen and oxygen atoms in total. The van der Waals surface area contributed by atoms with Crippen LogP contribution in [0.1, 0.15) is 37.7 Å². The maximum absolute atomic E-state index is 4.58. The molecule has 0 spiro atoms. The van der Waals surface area contributed by atoms with E-state index in [4.69, 9.17) is 0 Å². The number of allylic oxidation sites excluding steroid dienone is 1. The Morgan fingerprint density at radius 2 is 1.93 bits per heavy atom. The number of H-pyrrole nitrogens is 1. The molecule has 1 fully saturated rings. The molecular weight excluding hydrogens is 344 g/mol. The summed E-state index contributed by atoms with van der Waals surface area (Å²) in [4.78, 5) is 10.3. The molecule has 0 amide bonds. The molecule has 0 unspecified atom stereocenters. The number of rotatable bonds is 5. The van der Waals surface area contributed by atoms with E-state index < -0.39 is 0 Å². The third kappa shape index (κ3) is 3.96. The number of benzene rings is 1. The average Bonchev–Trinajstić information content (AvgIpc) is 3.18. The van der Waals surface area contributed by atoms with Gasteiger partial charge in [0.15, 0.2) is 0 Å². The van der Waals surface area contributed by atoms with Crippen molar-refractivity contribution in [1.82, 2.24) is 15.2 Å². The lowest BCUT2D eigenvalue weighted by Gasteiger charge is -2.35. The average molecular weight is 373 g/mol. The Bertz CT molecular complexity index is 925. The Labute approximate surface area is 167 Å². The minimum absolute atomic E-state index is 0.587. The fourth-order valence-electron chi connectivity index (χ4n) is 4.24. The topological polar surface area (TPSA) is 43.4 Å². The van der Waals surface area contributed by atoms with E-state index in [-0.39, 0.29) is 0 Å². The van der Waals surface area contributed by atoms with Crippen molar-refractivity contribution in [3.8, 4) is 11.1 Å². The highest BCUT2D eigenvalue weighted by Crippen LogP contribution is 2.36. The van der Waals surface area contributed by atoms with Crippen molar-refractivity contribution >= 4 is 5.84 Å². The van der Waals surface area contributed by atoms with Crippen molar-refractivity contribution in [2.75, 3.05) is 13.1 Å². The first-order chi connectivity index (χ1) is 13.6. The Morgan fingerprint density at radius 1 is 1.18 bits per heavy atom. The first-order valence-corrected chi connectivity index (χ1v) is 9.97. The van der Waals surface area contributed by atoms with Gasteiger partial charge in [0.1, 0.15) is 5.84 Å². The maximum Gasteiger partial charge on any atom is 0.103 e. The van der Waals surface area contributed by atoms with Gasteiger partial charge < -0.3 is 15.2 Å². The molecule has 2 N–H and O–H groups in total. The molecule has 4 heteroatoms. The molecule has 28 heavy (non-hydrogen) atoms. The van der Waals surface area contributed by atoms with Crippen LogP contribution in [0.4, 0.5) is 0 Å². The predicted molar refractivity (Wildman–Crippen MR) is 117 cm³/mol. The predicted octanol–water partition coefficient (Wildman–Crippen LogP) is 5.18. The third-order valence-corrected chi connectivity index (χ3v) is 5.62. The lowest BCUT2D eigenvalue weighted by Crippen LogP contribution is -2.32. The van der Waals surface area contributed by atoms with Crippen LogP contribution in [0.3, 0.4) is 0 Å². The van der Waals surface area contributed by atoms with Crippen LogP contribution in [0.5, 0.6) is 0 Å². The summed E-state index contributed by atoms with van der Waals surface area (Å²) in [7, 11) is 0. The van der Waals surface area contributed by atoms with E-state index in [1.54, 1.807) is 0 Å². The molecule has 144 valence electrons. The lowest BCUT2D eigenvalue weighted by molar-refractivity contribution is 0.260. The molecule has 1 aromatic carbocycles. The van der Waals surface area contributed by atoms with Crippen LogP contribution in [0.2, 0.25) is 0 Å². The summed E-state index contributed by atoms with van der Waals surface area (Å²) in [6, 6.07) is 10.7. The Morgan fingerprint density at radius 3 is 2.64 bits per heavy atom. The van der Waals surface area contributed by atoms with Gasteiger partial charge in [0.05, 0.1) is 5.70 Å². The van der Waals surface area contributed by atoms with E-state index in [1.165, 1.54) is 16.7 Å². The van der Waals surface area contributed by atoms with Crippen molar-refractivity contribution in [2.45, 2.75) is 32.1 Å². The first kappa shape index (κ1) is 18.4. The van der Waals surface area contributed by atoms with Crippen molar-refractivity contribution in [2.24, 2.45) is 4.99 Å². The first-order valence-electron chi connectivity index (χ1n) is 9.97. The molecule has 1 aromatic heterocycles. The van der Waals surface area contributed by atoms with E-state index >= 15 is 0 Å². The van der Waals surface area contributed by atoms with Crippen LogP contribution in [-0.2, 0) is 0 Å². The van der Waals surface area contributed by atoms with E-state index in [9.17, 15) is 0 Å².